The van der Waals surface area contributed by atoms with Gasteiger partial charge in [-0.3, -0.25) is 0 Å². The van der Waals surface area contributed by atoms with Crippen molar-refractivity contribution in [2.24, 2.45) is 0 Å². The first-order valence-electron chi connectivity index (χ1n) is 17.4. The number of hydrogen-bond acceptors (Lipinski definition) is 5. The minimum atomic E-state index is -5.90. The van der Waals surface area contributed by atoms with Gasteiger partial charge in [0.1, 0.15) is 0 Å². The van der Waals surface area contributed by atoms with Gasteiger partial charge in [-0.2, -0.15) is 13.2 Å². The number of sulfonamides is 1. The van der Waals surface area contributed by atoms with Gasteiger partial charge in [-0.05, 0) is 112 Å². The second kappa shape index (κ2) is 12.5. The summed E-state index contributed by atoms with van der Waals surface area (Å²) in [6, 6.07) is 31.2. The Morgan fingerprint density at radius 1 is 0.673 bits per heavy atom. The number of hydrogen-bond donors (Lipinski definition) is 2. The lowest BCUT2D eigenvalue weighted by molar-refractivity contribution is -0.0428. The van der Waals surface area contributed by atoms with Crippen LogP contribution in [0.15, 0.2) is 105 Å². The average molecular weight is 740 g/mol. The summed E-state index contributed by atoms with van der Waals surface area (Å²) in [6.07, 6.45) is 4.40. The molecule has 52 heavy (non-hydrogen) atoms. The van der Waals surface area contributed by atoms with Crippen LogP contribution in [0.3, 0.4) is 0 Å². The molecule has 264 valence electrons. The van der Waals surface area contributed by atoms with E-state index in [4.69, 9.17) is 8.39 Å². The molecular weight excluding hydrogens is 706 g/mol. The molecule has 0 radical (unpaired) electrons. The van der Waals surface area contributed by atoms with Crippen molar-refractivity contribution in [1.29, 1.82) is 0 Å². The van der Waals surface area contributed by atoms with E-state index < -0.39 is 29.8 Å². The monoisotopic (exact) mass is 739 g/mol. The second-order valence-electron chi connectivity index (χ2n) is 13.6. The van der Waals surface area contributed by atoms with Gasteiger partial charge in [0.15, 0.2) is 11.2 Å². The van der Waals surface area contributed by atoms with Crippen LogP contribution in [0.5, 0.6) is 0 Å². The Morgan fingerprint density at radius 3 is 1.85 bits per heavy atom. The molecule has 2 N–H and O–H groups in total. The average Bonchev–Trinajstić information content (AvgIpc) is 3.31. The lowest BCUT2D eigenvalue weighted by atomic mass is 9.80. The standard InChI is InChI=1S/C41H33F3NO5PS/c42-41(43,44)52(47,48)45-51-49-39-34(30-18-7-13-24-10-1-4-15-27(24)30)22-26-12-3-6-17-29(26)37(39)38-32-20-9-21-36(46)33(32)23-35(40(38)50-51)31-19-8-14-25-11-2-5-16-28(25)31/h1-2,4-5,7-8,10-11,13-16,18-19,22-23,36,45-46H,3,6,9,12,17,20-21H2. The number of aliphatic hydroxyl groups is 1. The molecule has 6 nitrogen and oxygen atoms in total. The molecule has 2 unspecified atom stereocenters. The Hall–Kier alpha value is -4.60. The van der Waals surface area contributed by atoms with Crippen molar-refractivity contribution >= 4 is 61.7 Å². The Labute approximate surface area is 298 Å². The van der Waals surface area contributed by atoms with Crippen molar-refractivity contribution in [3.05, 3.63) is 119 Å². The number of aliphatic hydroxyl groups excluding tert-OH is 1. The fourth-order valence-corrected chi connectivity index (χ4v) is 10.5. The molecule has 11 heteroatoms. The third kappa shape index (κ3) is 5.43. The predicted octanol–water partition coefficient (Wildman–Crippen LogP) is 11.6. The summed E-state index contributed by atoms with van der Waals surface area (Å²) < 4.78 is 82.6. The van der Waals surface area contributed by atoms with E-state index in [9.17, 15) is 26.7 Å². The van der Waals surface area contributed by atoms with Crippen LogP contribution in [-0.2, 0) is 29.3 Å². The van der Waals surface area contributed by atoms with E-state index in [2.05, 4.69) is 6.07 Å². The van der Waals surface area contributed by atoms with Crippen LogP contribution in [0.4, 0.5) is 13.2 Å². The number of rotatable bonds is 4. The molecule has 0 saturated heterocycles. The molecule has 1 heterocycles. The summed E-state index contributed by atoms with van der Waals surface area (Å²) in [7, 11) is -8.88. The predicted molar refractivity (Wildman–Crippen MR) is 201 cm³/mol. The van der Waals surface area contributed by atoms with Gasteiger partial charge < -0.3 is 13.5 Å². The van der Waals surface area contributed by atoms with E-state index >= 15 is 0 Å². The molecule has 7 aromatic rings. The van der Waals surface area contributed by atoms with Crippen molar-refractivity contribution in [1.82, 2.24) is 0 Å². The first-order chi connectivity index (χ1) is 25.1. The van der Waals surface area contributed by atoms with E-state index in [-0.39, 0.29) is 11.2 Å². The van der Waals surface area contributed by atoms with Gasteiger partial charge in [0.25, 0.3) is 0 Å². The molecule has 0 spiro atoms. The fourth-order valence-electron chi connectivity index (χ4n) is 8.21. The topological polar surface area (TPSA) is 92.7 Å². The van der Waals surface area contributed by atoms with Gasteiger partial charge in [0, 0.05) is 21.9 Å². The Bertz CT molecular complexity index is 2730. The van der Waals surface area contributed by atoms with Gasteiger partial charge in [0.05, 0.1) is 6.10 Å². The minimum Gasteiger partial charge on any atom is -0.407 e. The third-order valence-corrected chi connectivity index (χ3v) is 13.4. The highest BCUT2D eigenvalue weighted by Gasteiger charge is 2.47. The summed E-state index contributed by atoms with van der Waals surface area (Å²) in [5.41, 5.74) is 1.30. The first kappa shape index (κ1) is 33.3. The maximum absolute atomic E-state index is 14.0. The van der Waals surface area contributed by atoms with Crippen LogP contribution in [-0.4, -0.2) is 19.0 Å². The molecule has 0 saturated carbocycles. The van der Waals surface area contributed by atoms with Crippen molar-refractivity contribution in [3.63, 3.8) is 0 Å². The van der Waals surface area contributed by atoms with Crippen LogP contribution in [0.1, 0.15) is 54.0 Å². The number of benzene rings is 6. The molecule has 1 aromatic heterocycles. The van der Waals surface area contributed by atoms with Gasteiger partial charge >= 0.3 is 23.7 Å². The maximum Gasteiger partial charge on any atom is 0.512 e. The highest BCUT2D eigenvalue weighted by atomic mass is 32.2. The first-order valence-corrected chi connectivity index (χ1v) is 20.0. The van der Waals surface area contributed by atoms with Crippen molar-refractivity contribution in [2.75, 3.05) is 4.49 Å². The summed E-state index contributed by atoms with van der Waals surface area (Å²) in [5, 5.41) is 16.6. The Balaban J connectivity index is 1.54. The zero-order valence-corrected chi connectivity index (χ0v) is 29.5. The smallest absolute Gasteiger partial charge is 0.407 e. The third-order valence-electron chi connectivity index (χ3n) is 10.5. The zero-order valence-electron chi connectivity index (χ0n) is 27.8. The number of aryl methyl sites for hydroxylation is 3. The summed E-state index contributed by atoms with van der Waals surface area (Å²) >= 11 is 0. The van der Waals surface area contributed by atoms with Crippen molar-refractivity contribution in [3.8, 4) is 22.3 Å². The number of halogens is 3. The highest BCUT2D eigenvalue weighted by Crippen LogP contribution is 2.50. The molecule has 6 aromatic carbocycles. The number of nitrogens with one attached hydrogen (secondary N) is 1. The van der Waals surface area contributed by atoms with E-state index in [1.807, 2.05) is 91.0 Å². The van der Waals surface area contributed by atoms with Crippen LogP contribution >= 0.6 is 8.16 Å². The Morgan fingerprint density at radius 2 is 1.21 bits per heavy atom. The molecule has 2 aliphatic rings. The van der Waals surface area contributed by atoms with Crippen LogP contribution in [0.25, 0.3) is 65.7 Å². The van der Waals surface area contributed by atoms with Crippen LogP contribution in [0.2, 0.25) is 0 Å². The van der Waals surface area contributed by atoms with Crippen molar-refractivity contribution in [2.45, 2.75) is 56.6 Å². The molecular formula is C41H33F3NO5PS. The zero-order chi connectivity index (χ0) is 35.8. The Kier molecular flexibility index (Phi) is 8.01. The minimum absolute atomic E-state index is 0.238. The van der Waals surface area contributed by atoms with E-state index in [0.717, 1.165) is 74.2 Å². The van der Waals surface area contributed by atoms with Crippen LogP contribution < -0.4 is 4.49 Å². The molecule has 2 atom stereocenters. The molecule has 0 amide bonds. The summed E-state index contributed by atoms with van der Waals surface area (Å²) in [6.45, 7) is 0. The quantitative estimate of drug-likeness (QED) is 0.187. The van der Waals surface area contributed by atoms with E-state index in [1.165, 1.54) is 0 Å². The van der Waals surface area contributed by atoms with Crippen LogP contribution in [0, 0.1) is 0 Å². The van der Waals surface area contributed by atoms with Gasteiger partial charge in [-0.1, -0.05) is 84.9 Å². The summed E-state index contributed by atoms with van der Waals surface area (Å²) in [5.74, 6) is 0. The normalized spacial score (nSPS) is 16.7. The molecule has 0 fully saturated rings. The molecule has 9 rings (SSSR count). The molecule has 0 aliphatic heterocycles. The van der Waals surface area contributed by atoms with Gasteiger partial charge in [-0.15, -0.1) is 4.49 Å². The highest BCUT2D eigenvalue weighted by molar-refractivity contribution is 7.98. The largest absolute Gasteiger partial charge is 0.512 e. The lowest BCUT2D eigenvalue weighted by Crippen LogP contribution is -2.28. The fraction of sp³-hybridized carbons (Fsp3) is 0.220. The van der Waals surface area contributed by atoms with E-state index in [0.29, 0.717) is 47.6 Å². The lowest BCUT2D eigenvalue weighted by Gasteiger charge is -2.26. The van der Waals surface area contributed by atoms with Gasteiger partial charge in [0.2, 0.25) is 0 Å². The maximum atomic E-state index is 14.0. The number of alkyl halides is 3. The molecule has 2 aliphatic carbocycles. The second-order valence-corrected chi connectivity index (χ2v) is 16.7. The molecule has 0 bridgehead atoms. The van der Waals surface area contributed by atoms with E-state index in [1.54, 1.807) is 4.49 Å². The number of fused-ring (bicyclic) bond motifs is 9. The summed E-state index contributed by atoms with van der Waals surface area (Å²) in [4.78, 5) is 0. The SMILES string of the molecule is O=S(=O)(Np1oc2c(-c3cccc4ccccc34)cc3c(c2c2c4c(cc(-c5cccc6ccccc56)c2o1)C(O)CCC4)CCCC3)C(F)(F)F. The van der Waals surface area contributed by atoms with Gasteiger partial charge in [-0.25, -0.2) is 8.42 Å². The van der Waals surface area contributed by atoms with Crippen molar-refractivity contribution < 1.29 is 35.1 Å².